The fourth-order valence-corrected chi connectivity index (χ4v) is 2.63. The number of benzene rings is 1. The molecular formula is C15H18FNS. The zero-order valence-corrected chi connectivity index (χ0v) is 11.8. The van der Waals surface area contributed by atoms with E-state index in [1.165, 1.54) is 4.88 Å². The Morgan fingerprint density at radius 1 is 1.22 bits per heavy atom. The summed E-state index contributed by atoms with van der Waals surface area (Å²) in [5.41, 5.74) is 1.65. The molecule has 1 aromatic carbocycles. The molecule has 1 nitrogen and oxygen atoms in total. The van der Waals surface area contributed by atoms with Gasteiger partial charge in [-0.25, -0.2) is 4.39 Å². The van der Waals surface area contributed by atoms with Gasteiger partial charge in [0.25, 0.3) is 0 Å². The van der Waals surface area contributed by atoms with Crippen molar-refractivity contribution < 1.29 is 4.39 Å². The Bertz CT molecular complexity index is 531. The van der Waals surface area contributed by atoms with Gasteiger partial charge in [-0.15, -0.1) is 11.3 Å². The van der Waals surface area contributed by atoms with Crippen molar-refractivity contribution in [3.63, 3.8) is 0 Å². The van der Waals surface area contributed by atoms with Crippen LogP contribution in [0.2, 0.25) is 0 Å². The minimum atomic E-state index is -0.136. The number of thiophene rings is 1. The van der Waals surface area contributed by atoms with Gasteiger partial charge in [0.2, 0.25) is 0 Å². The fraction of sp³-hybridized carbons (Fsp3) is 0.333. The number of halogens is 1. The van der Waals surface area contributed by atoms with Crippen LogP contribution in [-0.2, 0) is 6.54 Å². The van der Waals surface area contributed by atoms with Gasteiger partial charge in [-0.1, -0.05) is 26.0 Å². The monoisotopic (exact) mass is 263 g/mol. The normalized spacial score (nSPS) is 11.2. The van der Waals surface area contributed by atoms with Crippen LogP contribution in [0.4, 0.5) is 4.39 Å². The number of hydrogen-bond donors (Lipinski definition) is 1. The number of aryl methyl sites for hydroxylation is 1. The summed E-state index contributed by atoms with van der Waals surface area (Å²) in [6.45, 7) is 6.91. The molecule has 2 aromatic rings. The molecule has 0 aliphatic rings. The van der Waals surface area contributed by atoms with E-state index in [-0.39, 0.29) is 5.82 Å². The van der Waals surface area contributed by atoms with Crippen LogP contribution in [0.5, 0.6) is 0 Å². The van der Waals surface area contributed by atoms with Crippen LogP contribution in [0.3, 0.4) is 0 Å². The lowest BCUT2D eigenvalue weighted by Gasteiger charge is -2.05. The lowest BCUT2D eigenvalue weighted by atomic mass is 10.1. The van der Waals surface area contributed by atoms with Crippen molar-refractivity contribution in [3.8, 4) is 10.4 Å². The van der Waals surface area contributed by atoms with E-state index in [0.717, 1.165) is 17.0 Å². The predicted molar refractivity (Wildman–Crippen MR) is 76.4 cm³/mol. The Morgan fingerprint density at radius 2 is 2.00 bits per heavy atom. The van der Waals surface area contributed by atoms with E-state index in [1.54, 1.807) is 24.3 Å². The van der Waals surface area contributed by atoms with Crippen molar-refractivity contribution in [2.24, 2.45) is 0 Å². The lowest BCUT2D eigenvalue weighted by molar-refractivity contribution is 0.593. The molecule has 0 aliphatic heterocycles. The van der Waals surface area contributed by atoms with Gasteiger partial charge < -0.3 is 5.32 Å². The molecule has 0 bridgehead atoms. The molecule has 96 valence electrons. The van der Waals surface area contributed by atoms with Gasteiger partial charge in [-0.05, 0) is 36.2 Å². The number of nitrogens with one attached hydrogen (secondary N) is 1. The second-order valence-corrected chi connectivity index (χ2v) is 5.93. The van der Waals surface area contributed by atoms with Gasteiger partial charge in [-0.2, -0.15) is 0 Å². The molecule has 1 aromatic heterocycles. The molecule has 0 amide bonds. The Morgan fingerprint density at radius 3 is 2.67 bits per heavy atom. The van der Waals surface area contributed by atoms with Crippen molar-refractivity contribution in [2.45, 2.75) is 33.4 Å². The summed E-state index contributed by atoms with van der Waals surface area (Å²) in [6, 6.07) is 10.1. The quantitative estimate of drug-likeness (QED) is 0.864. The highest BCUT2D eigenvalue weighted by Crippen LogP contribution is 2.29. The first-order valence-electron chi connectivity index (χ1n) is 6.15. The third-order valence-electron chi connectivity index (χ3n) is 2.80. The van der Waals surface area contributed by atoms with E-state index in [2.05, 4.69) is 31.3 Å². The van der Waals surface area contributed by atoms with E-state index in [0.29, 0.717) is 11.6 Å². The van der Waals surface area contributed by atoms with Gasteiger partial charge in [0.05, 0.1) is 0 Å². The van der Waals surface area contributed by atoms with Crippen LogP contribution in [0, 0.1) is 12.7 Å². The first-order chi connectivity index (χ1) is 8.56. The fourth-order valence-electron chi connectivity index (χ4n) is 1.68. The molecule has 18 heavy (non-hydrogen) atoms. The molecule has 0 radical (unpaired) electrons. The summed E-state index contributed by atoms with van der Waals surface area (Å²) in [4.78, 5) is 2.40. The molecule has 2 rings (SSSR count). The molecule has 0 unspecified atom stereocenters. The minimum Gasteiger partial charge on any atom is -0.310 e. The maximum absolute atomic E-state index is 13.5. The van der Waals surface area contributed by atoms with Crippen LogP contribution in [-0.4, -0.2) is 6.04 Å². The third-order valence-corrected chi connectivity index (χ3v) is 3.94. The first-order valence-corrected chi connectivity index (χ1v) is 6.96. The summed E-state index contributed by atoms with van der Waals surface area (Å²) in [7, 11) is 0. The zero-order valence-electron chi connectivity index (χ0n) is 11.0. The van der Waals surface area contributed by atoms with E-state index in [4.69, 9.17) is 0 Å². The average molecular weight is 263 g/mol. The van der Waals surface area contributed by atoms with E-state index in [9.17, 15) is 4.39 Å². The molecule has 0 fully saturated rings. The van der Waals surface area contributed by atoms with Crippen molar-refractivity contribution in [2.75, 3.05) is 0 Å². The summed E-state index contributed by atoms with van der Waals surface area (Å²) in [6.07, 6.45) is 0. The second kappa shape index (κ2) is 5.63. The van der Waals surface area contributed by atoms with E-state index >= 15 is 0 Å². The summed E-state index contributed by atoms with van der Waals surface area (Å²) in [5.74, 6) is -0.136. The Kier molecular flexibility index (Phi) is 4.15. The largest absolute Gasteiger partial charge is 0.310 e. The Hall–Kier alpha value is -1.19. The number of hydrogen-bond acceptors (Lipinski definition) is 2. The van der Waals surface area contributed by atoms with E-state index in [1.807, 2.05) is 12.1 Å². The molecular weight excluding hydrogens is 245 g/mol. The molecule has 0 atom stereocenters. The van der Waals surface area contributed by atoms with E-state index < -0.39 is 0 Å². The summed E-state index contributed by atoms with van der Waals surface area (Å²) >= 11 is 1.71. The van der Waals surface area contributed by atoms with Crippen molar-refractivity contribution >= 4 is 11.3 Å². The minimum absolute atomic E-state index is 0.136. The van der Waals surface area contributed by atoms with Crippen molar-refractivity contribution in [1.29, 1.82) is 0 Å². The Balaban J connectivity index is 2.16. The molecule has 0 aliphatic carbocycles. The maximum Gasteiger partial charge on any atom is 0.126 e. The van der Waals surface area contributed by atoms with Crippen molar-refractivity contribution in [3.05, 3.63) is 46.6 Å². The van der Waals surface area contributed by atoms with Gasteiger partial charge >= 0.3 is 0 Å². The standard InChI is InChI=1S/C15H18FNS/c1-10(2)17-9-13-6-7-15(18-13)12-5-4-11(3)14(16)8-12/h4-8,10,17H,9H2,1-3H3. The molecule has 0 spiro atoms. The summed E-state index contributed by atoms with van der Waals surface area (Å²) in [5, 5.41) is 3.38. The van der Waals surface area contributed by atoms with Crippen LogP contribution < -0.4 is 5.32 Å². The molecule has 0 saturated carbocycles. The van der Waals surface area contributed by atoms with Crippen LogP contribution in [0.15, 0.2) is 30.3 Å². The third kappa shape index (κ3) is 3.18. The molecule has 1 heterocycles. The zero-order chi connectivity index (χ0) is 13.1. The van der Waals surface area contributed by atoms with Gasteiger partial charge in [0.15, 0.2) is 0 Å². The first kappa shape index (κ1) is 13.2. The Labute approximate surface area is 112 Å². The smallest absolute Gasteiger partial charge is 0.126 e. The van der Waals surface area contributed by atoms with Crippen molar-refractivity contribution in [1.82, 2.24) is 5.32 Å². The lowest BCUT2D eigenvalue weighted by Crippen LogP contribution is -2.21. The van der Waals surface area contributed by atoms with Gasteiger partial charge in [0, 0.05) is 22.3 Å². The van der Waals surface area contributed by atoms with Gasteiger partial charge in [0.1, 0.15) is 5.82 Å². The average Bonchev–Trinajstić information content (AvgIpc) is 2.79. The SMILES string of the molecule is Cc1ccc(-c2ccc(CNC(C)C)s2)cc1F. The highest BCUT2D eigenvalue weighted by molar-refractivity contribution is 7.15. The van der Waals surface area contributed by atoms with Crippen LogP contribution in [0.25, 0.3) is 10.4 Å². The predicted octanol–water partition coefficient (Wildman–Crippen LogP) is 4.36. The molecule has 0 saturated heterocycles. The summed E-state index contributed by atoms with van der Waals surface area (Å²) < 4.78 is 13.5. The topological polar surface area (TPSA) is 12.0 Å². The van der Waals surface area contributed by atoms with Crippen LogP contribution in [0.1, 0.15) is 24.3 Å². The molecule has 3 heteroatoms. The van der Waals surface area contributed by atoms with Crippen LogP contribution >= 0.6 is 11.3 Å². The highest BCUT2D eigenvalue weighted by Gasteiger charge is 2.05. The second-order valence-electron chi connectivity index (χ2n) is 4.77. The number of rotatable bonds is 4. The molecule has 1 N–H and O–H groups in total. The highest BCUT2D eigenvalue weighted by atomic mass is 32.1. The van der Waals surface area contributed by atoms with Gasteiger partial charge in [-0.3, -0.25) is 0 Å². The maximum atomic E-state index is 13.5.